The highest BCUT2D eigenvalue weighted by Gasteiger charge is 2.16. The van der Waals surface area contributed by atoms with Gasteiger partial charge in [-0.1, -0.05) is 45.7 Å². The second-order valence-corrected chi connectivity index (χ2v) is 9.24. The maximum absolute atomic E-state index is 11.5. The molecule has 168 valence electrons. The number of rotatable bonds is 6. The fourth-order valence-corrected chi connectivity index (χ4v) is 4.37. The number of halogens is 2. The highest BCUT2D eigenvalue weighted by molar-refractivity contribution is 9.10. The third-order valence-electron chi connectivity index (χ3n) is 5.51. The summed E-state index contributed by atoms with van der Waals surface area (Å²) >= 11 is 9.95. The lowest BCUT2D eigenvalue weighted by Crippen LogP contribution is -2.05. The van der Waals surface area contributed by atoms with Crippen LogP contribution in [0, 0.1) is 6.92 Å². The molecule has 0 aliphatic heterocycles. The summed E-state index contributed by atoms with van der Waals surface area (Å²) in [6.45, 7) is 4.40. The van der Waals surface area contributed by atoms with Gasteiger partial charge in [-0.15, -0.1) is 0 Å². The Bertz CT molecular complexity index is 1320. The van der Waals surface area contributed by atoms with E-state index in [1.54, 1.807) is 18.2 Å². The molecule has 2 aromatic carbocycles. The number of allylic oxidation sites excluding steroid dienone is 5. The molecule has 0 fully saturated rings. The summed E-state index contributed by atoms with van der Waals surface area (Å²) in [6, 6.07) is 16.9. The summed E-state index contributed by atoms with van der Waals surface area (Å²) in [7, 11) is 0. The van der Waals surface area contributed by atoms with E-state index < -0.39 is 5.97 Å². The van der Waals surface area contributed by atoms with Crippen LogP contribution in [-0.2, 0) is 0 Å². The van der Waals surface area contributed by atoms with Crippen molar-refractivity contribution >= 4 is 33.5 Å². The highest BCUT2D eigenvalue weighted by Crippen LogP contribution is 2.36. The number of benzene rings is 2. The van der Waals surface area contributed by atoms with Crippen LogP contribution in [0.3, 0.4) is 0 Å². The predicted octanol–water partition coefficient (Wildman–Crippen LogP) is 7.69. The fraction of sp³-hybridized carbons (Fsp3) is 0.148. The van der Waals surface area contributed by atoms with Gasteiger partial charge in [0, 0.05) is 26.4 Å². The Morgan fingerprint density at radius 1 is 1.15 bits per heavy atom. The Balaban J connectivity index is 1.72. The van der Waals surface area contributed by atoms with E-state index in [0.29, 0.717) is 6.61 Å². The van der Waals surface area contributed by atoms with Crippen LogP contribution in [0.15, 0.2) is 93.5 Å². The molecule has 0 saturated carbocycles. The molecule has 1 aliphatic rings. The van der Waals surface area contributed by atoms with Crippen molar-refractivity contribution in [1.82, 2.24) is 4.57 Å². The lowest BCUT2D eigenvalue weighted by atomic mass is 10.1. The molecule has 1 aliphatic carbocycles. The number of nitrogens with zero attached hydrogens (tertiary/aromatic N) is 1. The van der Waals surface area contributed by atoms with Crippen LogP contribution < -0.4 is 4.74 Å². The van der Waals surface area contributed by atoms with Gasteiger partial charge in [-0.3, -0.25) is 0 Å². The largest absolute Gasteiger partial charge is 0.489 e. The van der Waals surface area contributed by atoms with Crippen molar-refractivity contribution in [1.29, 1.82) is 0 Å². The first-order chi connectivity index (χ1) is 15.8. The number of carboxylic acids is 1. The van der Waals surface area contributed by atoms with E-state index in [2.05, 4.69) is 22.0 Å². The molecule has 0 atom stereocenters. The van der Waals surface area contributed by atoms with Crippen LogP contribution in [-0.4, -0.2) is 22.2 Å². The molecule has 0 saturated heterocycles. The van der Waals surface area contributed by atoms with Gasteiger partial charge in [0.05, 0.1) is 11.3 Å². The van der Waals surface area contributed by atoms with Crippen molar-refractivity contribution in [3.8, 4) is 22.7 Å². The monoisotopic (exact) mass is 523 g/mol. The average molecular weight is 525 g/mol. The predicted molar refractivity (Wildman–Crippen MR) is 136 cm³/mol. The first kappa shape index (κ1) is 23.1. The lowest BCUT2D eigenvalue weighted by Gasteiger charge is -2.17. The zero-order chi connectivity index (χ0) is 23.5. The highest BCUT2D eigenvalue weighted by atomic mass is 79.9. The van der Waals surface area contributed by atoms with E-state index >= 15 is 0 Å². The van der Waals surface area contributed by atoms with Gasteiger partial charge >= 0.3 is 5.97 Å². The quantitative estimate of drug-likeness (QED) is 0.359. The minimum Gasteiger partial charge on any atom is -0.489 e. The second-order valence-electron chi connectivity index (χ2n) is 7.92. The topological polar surface area (TPSA) is 51.5 Å². The Hall–Kier alpha value is -3.02. The van der Waals surface area contributed by atoms with Crippen molar-refractivity contribution in [2.75, 3.05) is 6.61 Å². The first-order valence-electron chi connectivity index (χ1n) is 10.5. The average Bonchev–Trinajstić information content (AvgIpc) is 3.10. The Kier molecular flexibility index (Phi) is 6.91. The van der Waals surface area contributed by atoms with Crippen molar-refractivity contribution in [2.45, 2.75) is 20.3 Å². The van der Waals surface area contributed by atoms with Gasteiger partial charge in [0.15, 0.2) is 0 Å². The van der Waals surface area contributed by atoms with E-state index in [4.69, 9.17) is 16.3 Å². The Morgan fingerprint density at radius 3 is 2.76 bits per heavy atom. The number of aromatic nitrogens is 1. The Labute approximate surface area is 206 Å². The molecule has 4 nitrogen and oxygen atoms in total. The molecule has 33 heavy (non-hydrogen) atoms. The summed E-state index contributed by atoms with van der Waals surface area (Å²) < 4.78 is 9.24. The fourth-order valence-electron chi connectivity index (χ4n) is 3.79. The van der Waals surface area contributed by atoms with Gasteiger partial charge in [-0.05, 0) is 86.0 Å². The summed E-state index contributed by atoms with van der Waals surface area (Å²) in [5.74, 6) is -0.221. The van der Waals surface area contributed by atoms with E-state index in [1.807, 2.05) is 67.0 Å². The smallest absolute Gasteiger partial charge is 0.335 e. The molecule has 3 aromatic rings. The molecular weight excluding hydrogens is 502 g/mol. The third kappa shape index (κ3) is 5.15. The second kappa shape index (κ2) is 9.86. The molecule has 1 aromatic heterocycles. The minimum absolute atomic E-state index is 0.242. The van der Waals surface area contributed by atoms with E-state index in [-0.39, 0.29) is 5.56 Å². The van der Waals surface area contributed by atoms with E-state index in [9.17, 15) is 9.90 Å². The van der Waals surface area contributed by atoms with Crippen LogP contribution in [0.1, 0.15) is 29.4 Å². The zero-order valence-corrected chi connectivity index (χ0v) is 20.7. The molecule has 0 spiro atoms. The van der Waals surface area contributed by atoms with Crippen LogP contribution in [0.2, 0.25) is 0 Å². The molecule has 1 heterocycles. The van der Waals surface area contributed by atoms with Gasteiger partial charge in [0.1, 0.15) is 12.4 Å². The molecule has 0 radical (unpaired) electrons. The van der Waals surface area contributed by atoms with E-state index in [0.717, 1.165) is 55.5 Å². The minimum atomic E-state index is -0.955. The molecule has 0 unspecified atom stereocenters. The van der Waals surface area contributed by atoms with Gasteiger partial charge < -0.3 is 14.4 Å². The number of hydrogen-bond acceptors (Lipinski definition) is 2. The van der Waals surface area contributed by atoms with E-state index in [1.165, 1.54) is 0 Å². The number of aryl methyl sites for hydroxylation is 1. The molecule has 0 bridgehead atoms. The molecule has 6 heteroatoms. The normalized spacial score (nSPS) is 13.6. The van der Waals surface area contributed by atoms with Crippen LogP contribution in [0.5, 0.6) is 5.75 Å². The summed E-state index contributed by atoms with van der Waals surface area (Å²) in [5.41, 5.74) is 5.95. The maximum atomic E-state index is 11.5. The van der Waals surface area contributed by atoms with Crippen molar-refractivity contribution in [3.63, 3.8) is 0 Å². The van der Waals surface area contributed by atoms with Gasteiger partial charge in [-0.2, -0.15) is 0 Å². The summed E-state index contributed by atoms with van der Waals surface area (Å²) in [4.78, 5) is 11.5. The standard InChI is InChI=1S/C27H23BrClNO3/c1-17-5-3-6-19(13-24(17)29)16-33-26-12-10-21(28)15-23(26)25-11-9-18(2)30(25)22-8-4-7-20(14-22)27(31)32/h3-5,7-15H,6,16H2,1-2H3,(H,31,32). The SMILES string of the molecule is CC1=C(Cl)C=C(COc2ccc(Br)cc2-c2ccc(C)n2-c2cccc(C(=O)O)c2)CC=C1. The number of hydrogen-bond donors (Lipinski definition) is 1. The van der Waals surface area contributed by atoms with Crippen molar-refractivity contribution in [3.05, 3.63) is 105 Å². The van der Waals surface area contributed by atoms with Gasteiger partial charge in [0.2, 0.25) is 0 Å². The maximum Gasteiger partial charge on any atom is 0.335 e. The van der Waals surface area contributed by atoms with Gasteiger partial charge in [0.25, 0.3) is 0 Å². The number of carbonyl (C=O) groups is 1. The number of ether oxygens (including phenoxy) is 1. The molecular formula is C27H23BrClNO3. The summed E-state index contributed by atoms with van der Waals surface area (Å²) in [6.07, 6.45) is 6.86. The lowest BCUT2D eigenvalue weighted by molar-refractivity contribution is 0.0697. The third-order valence-corrected chi connectivity index (χ3v) is 6.41. The Morgan fingerprint density at radius 2 is 1.97 bits per heavy atom. The van der Waals surface area contributed by atoms with Gasteiger partial charge in [-0.25, -0.2) is 4.79 Å². The van der Waals surface area contributed by atoms with Crippen molar-refractivity contribution in [2.24, 2.45) is 0 Å². The van der Waals surface area contributed by atoms with Crippen LogP contribution in [0.25, 0.3) is 16.9 Å². The molecule has 1 N–H and O–H groups in total. The first-order valence-corrected chi connectivity index (χ1v) is 11.7. The zero-order valence-electron chi connectivity index (χ0n) is 18.3. The number of aromatic carboxylic acids is 1. The van der Waals surface area contributed by atoms with Crippen LogP contribution >= 0.6 is 27.5 Å². The van der Waals surface area contributed by atoms with Crippen molar-refractivity contribution < 1.29 is 14.6 Å². The molecule has 4 rings (SSSR count). The number of carboxylic acid groups (broad SMARTS) is 1. The summed E-state index contributed by atoms with van der Waals surface area (Å²) in [5, 5.41) is 10.2. The van der Waals surface area contributed by atoms with Crippen LogP contribution in [0.4, 0.5) is 0 Å². The molecule has 0 amide bonds.